The minimum Gasteiger partial charge on any atom is -0.319 e. The van der Waals surface area contributed by atoms with Crippen molar-refractivity contribution in [3.63, 3.8) is 0 Å². The molecule has 0 unspecified atom stereocenters. The quantitative estimate of drug-likeness (QED) is 0.349. The number of nitriles is 1. The largest absolute Gasteiger partial charge is 0.319 e. The molecule has 0 amide bonds. The first-order chi connectivity index (χ1) is 13.8. The van der Waals surface area contributed by atoms with Gasteiger partial charge in [-0.1, -0.05) is 72.8 Å². The summed E-state index contributed by atoms with van der Waals surface area (Å²) in [6.07, 6.45) is 2.16. The fourth-order valence-corrected chi connectivity index (χ4v) is 4.01. The number of hydrogen-bond acceptors (Lipinski definition) is 1. The van der Waals surface area contributed by atoms with Gasteiger partial charge >= 0.3 is 0 Å². The molecule has 0 radical (unpaired) electrons. The van der Waals surface area contributed by atoms with Gasteiger partial charge in [-0.05, 0) is 41.1 Å². The number of aryl methyl sites for hydroxylation is 1. The van der Waals surface area contributed by atoms with Gasteiger partial charge in [-0.3, -0.25) is 0 Å². The van der Waals surface area contributed by atoms with Crippen molar-refractivity contribution in [2.24, 2.45) is 0 Å². The van der Waals surface area contributed by atoms with E-state index in [2.05, 4.69) is 83.4 Å². The van der Waals surface area contributed by atoms with Crippen LogP contribution in [0, 0.1) is 18.3 Å². The van der Waals surface area contributed by atoms with Crippen molar-refractivity contribution in [2.45, 2.75) is 6.92 Å². The lowest BCUT2D eigenvalue weighted by molar-refractivity contribution is 1.12. The van der Waals surface area contributed by atoms with Crippen molar-refractivity contribution in [3.05, 3.63) is 102 Å². The van der Waals surface area contributed by atoms with Crippen molar-refractivity contribution in [3.8, 4) is 28.3 Å². The molecule has 0 saturated heterocycles. The molecule has 132 valence electrons. The zero-order chi connectivity index (χ0) is 19.1. The molecule has 2 heteroatoms. The molecule has 2 heterocycles. The third kappa shape index (κ3) is 2.49. The Kier molecular flexibility index (Phi) is 3.74. The van der Waals surface area contributed by atoms with Crippen LogP contribution in [0.3, 0.4) is 0 Å². The highest BCUT2D eigenvalue weighted by Crippen LogP contribution is 2.36. The lowest BCUT2D eigenvalue weighted by atomic mass is 9.95. The van der Waals surface area contributed by atoms with Crippen LogP contribution in [0.25, 0.3) is 38.5 Å². The summed E-state index contributed by atoms with van der Waals surface area (Å²) in [5, 5.41) is 11.9. The first-order valence-corrected chi connectivity index (χ1v) is 9.35. The molecular weight excluding hydrogens is 340 g/mol. The molecule has 0 bridgehead atoms. The monoisotopic (exact) mass is 358 g/mol. The second-order valence-corrected chi connectivity index (χ2v) is 7.06. The number of aromatic nitrogens is 1. The molecule has 3 aromatic carbocycles. The average Bonchev–Trinajstić information content (AvgIpc) is 3.10. The van der Waals surface area contributed by atoms with Crippen LogP contribution in [-0.2, 0) is 0 Å². The van der Waals surface area contributed by atoms with Crippen LogP contribution in [0.15, 0.2) is 91.1 Å². The Hall–Kier alpha value is -3.83. The van der Waals surface area contributed by atoms with Crippen molar-refractivity contribution < 1.29 is 0 Å². The molecule has 28 heavy (non-hydrogen) atoms. The van der Waals surface area contributed by atoms with E-state index in [1.807, 2.05) is 25.1 Å². The van der Waals surface area contributed by atoms with Gasteiger partial charge in [-0.2, -0.15) is 5.26 Å². The third-order valence-electron chi connectivity index (χ3n) is 5.36. The van der Waals surface area contributed by atoms with Crippen molar-refractivity contribution >= 4 is 16.3 Å². The van der Waals surface area contributed by atoms with E-state index in [0.29, 0.717) is 0 Å². The first-order valence-electron chi connectivity index (χ1n) is 9.35. The van der Waals surface area contributed by atoms with Crippen molar-refractivity contribution in [1.29, 1.82) is 5.26 Å². The minimum absolute atomic E-state index is 0.717. The van der Waals surface area contributed by atoms with Gasteiger partial charge in [0, 0.05) is 22.8 Å². The van der Waals surface area contributed by atoms with E-state index in [-0.39, 0.29) is 0 Å². The van der Waals surface area contributed by atoms with Crippen LogP contribution in [0.1, 0.15) is 11.3 Å². The number of rotatable bonds is 2. The van der Waals surface area contributed by atoms with Crippen LogP contribution in [-0.4, -0.2) is 4.40 Å². The normalized spacial score (nSPS) is 11.0. The molecule has 0 saturated carbocycles. The molecule has 5 rings (SSSR count). The highest BCUT2D eigenvalue weighted by atomic mass is 14.9. The molecule has 0 fully saturated rings. The van der Waals surface area contributed by atoms with Crippen LogP contribution in [0.5, 0.6) is 0 Å². The number of hydrogen-bond donors (Lipinski definition) is 0. The smallest absolute Gasteiger partial charge is 0.101 e. The van der Waals surface area contributed by atoms with Crippen LogP contribution < -0.4 is 0 Å². The molecule has 0 N–H and O–H groups in total. The Morgan fingerprint density at radius 2 is 1.39 bits per heavy atom. The zero-order valence-corrected chi connectivity index (χ0v) is 15.6. The van der Waals surface area contributed by atoms with E-state index in [1.54, 1.807) is 0 Å². The number of pyridine rings is 1. The van der Waals surface area contributed by atoms with Crippen molar-refractivity contribution in [1.82, 2.24) is 4.40 Å². The Bertz CT molecular complexity index is 1350. The Morgan fingerprint density at radius 1 is 0.714 bits per heavy atom. The van der Waals surface area contributed by atoms with E-state index in [4.69, 9.17) is 0 Å². The Morgan fingerprint density at radius 3 is 2.07 bits per heavy atom. The maximum atomic E-state index is 9.66. The summed E-state index contributed by atoms with van der Waals surface area (Å²) in [6.45, 7) is 2.05. The zero-order valence-electron chi connectivity index (χ0n) is 15.6. The molecular formula is C26H18N2. The second-order valence-electron chi connectivity index (χ2n) is 7.06. The summed E-state index contributed by atoms with van der Waals surface area (Å²) in [7, 11) is 0. The van der Waals surface area contributed by atoms with Crippen LogP contribution >= 0.6 is 0 Å². The number of nitrogens with zero attached hydrogens (tertiary/aromatic N) is 2. The van der Waals surface area contributed by atoms with E-state index in [1.165, 1.54) is 22.3 Å². The molecule has 5 aromatic rings. The minimum atomic E-state index is 0.717. The van der Waals surface area contributed by atoms with E-state index < -0.39 is 0 Å². The van der Waals surface area contributed by atoms with Crippen LogP contribution in [0.4, 0.5) is 0 Å². The van der Waals surface area contributed by atoms with Gasteiger partial charge in [-0.25, -0.2) is 0 Å². The van der Waals surface area contributed by atoms with E-state index in [0.717, 1.165) is 27.5 Å². The molecule has 0 aliphatic heterocycles. The maximum absolute atomic E-state index is 9.66. The summed E-state index contributed by atoms with van der Waals surface area (Å²) >= 11 is 0. The summed E-state index contributed by atoms with van der Waals surface area (Å²) in [6, 6.07) is 31.7. The highest BCUT2D eigenvalue weighted by molar-refractivity contribution is 6.07. The van der Waals surface area contributed by atoms with Crippen molar-refractivity contribution in [2.75, 3.05) is 0 Å². The SMILES string of the molecule is Cc1cc(C#N)c2c3ccc(-c4ccccc4)cc3c(-c3ccccc3)cn12. The molecule has 0 atom stereocenters. The fourth-order valence-electron chi connectivity index (χ4n) is 4.01. The maximum Gasteiger partial charge on any atom is 0.101 e. The predicted molar refractivity (Wildman–Crippen MR) is 115 cm³/mol. The fraction of sp³-hybridized carbons (Fsp3) is 0.0385. The topological polar surface area (TPSA) is 28.2 Å². The Labute approximate surface area is 163 Å². The van der Waals surface area contributed by atoms with Crippen LogP contribution in [0.2, 0.25) is 0 Å². The predicted octanol–water partition coefficient (Wildman–Crippen LogP) is 6.61. The summed E-state index contributed by atoms with van der Waals surface area (Å²) in [5.41, 5.74) is 7.48. The number of benzene rings is 3. The van der Waals surface area contributed by atoms with Gasteiger partial charge in [0.25, 0.3) is 0 Å². The molecule has 0 aliphatic carbocycles. The lowest BCUT2D eigenvalue weighted by Crippen LogP contribution is -1.93. The highest BCUT2D eigenvalue weighted by Gasteiger charge is 2.15. The average molecular weight is 358 g/mol. The molecule has 2 nitrogen and oxygen atoms in total. The number of fused-ring (bicyclic) bond motifs is 3. The Balaban J connectivity index is 1.92. The summed E-state index contributed by atoms with van der Waals surface area (Å²) < 4.78 is 2.14. The van der Waals surface area contributed by atoms with Gasteiger partial charge in [0.1, 0.15) is 6.07 Å². The van der Waals surface area contributed by atoms with Gasteiger partial charge in [-0.15, -0.1) is 0 Å². The molecule has 0 spiro atoms. The van der Waals surface area contributed by atoms with E-state index in [9.17, 15) is 5.26 Å². The second kappa shape index (κ2) is 6.40. The lowest BCUT2D eigenvalue weighted by Gasteiger charge is -2.13. The van der Waals surface area contributed by atoms with Gasteiger partial charge in [0.05, 0.1) is 11.1 Å². The standard InChI is InChI=1S/C26H18N2/c1-18-14-22(16-27)26-23-13-12-21(19-8-4-2-5-9-19)15-24(23)25(17-28(18)26)20-10-6-3-7-11-20/h2-15,17H,1H3. The summed E-state index contributed by atoms with van der Waals surface area (Å²) in [4.78, 5) is 0. The molecule has 2 aromatic heterocycles. The van der Waals surface area contributed by atoms with Gasteiger partial charge in [0.15, 0.2) is 0 Å². The third-order valence-corrected chi connectivity index (χ3v) is 5.36. The molecule has 0 aliphatic rings. The first kappa shape index (κ1) is 16.4. The summed E-state index contributed by atoms with van der Waals surface area (Å²) in [5.74, 6) is 0. The van der Waals surface area contributed by atoms with Gasteiger partial charge in [0.2, 0.25) is 0 Å². The van der Waals surface area contributed by atoms with Gasteiger partial charge < -0.3 is 4.40 Å². The van der Waals surface area contributed by atoms with E-state index >= 15 is 0 Å².